The van der Waals surface area contributed by atoms with Gasteiger partial charge in [0, 0.05) is 20.7 Å². The highest BCUT2D eigenvalue weighted by Crippen LogP contribution is 2.55. The third-order valence-electron chi connectivity index (χ3n) is 6.80. The molecule has 0 unspecified atom stereocenters. The smallest absolute Gasteiger partial charge is 0.126 e. The van der Waals surface area contributed by atoms with E-state index in [9.17, 15) is 0 Å². The lowest BCUT2D eigenvalue weighted by Crippen LogP contribution is -2.52. The van der Waals surface area contributed by atoms with Gasteiger partial charge in [-0.3, -0.25) is 0 Å². The van der Waals surface area contributed by atoms with E-state index in [2.05, 4.69) is 79.7 Å². The van der Waals surface area contributed by atoms with E-state index >= 15 is 0 Å². The minimum atomic E-state index is -1.97. The van der Waals surface area contributed by atoms with Crippen molar-refractivity contribution in [2.45, 2.75) is 31.5 Å². The van der Waals surface area contributed by atoms with Crippen molar-refractivity contribution in [2.75, 3.05) is 6.61 Å². The molecule has 0 atom stereocenters. The predicted octanol–water partition coefficient (Wildman–Crippen LogP) is 7.57. The second kappa shape index (κ2) is 7.84. The van der Waals surface area contributed by atoms with Crippen molar-refractivity contribution in [1.82, 2.24) is 0 Å². The van der Waals surface area contributed by atoms with Gasteiger partial charge < -0.3 is 4.74 Å². The van der Waals surface area contributed by atoms with Crippen LogP contribution in [0.2, 0.25) is 12.1 Å². The van der Waals surface area contributed by atoms with E-state index in [4.69, 9.17) is 4.74 Å². The van der Waals surface area contributed by atoms with Crippen molar-refractivity contribution < 1.29 is 4.74 Å². The van der Waals surface area contributed by atoms with Gasteiger partial charge in [0.25, 0.3) is 0 Å². The fourth-order valence-corrected chi connectivity index (χ4v) is 12.8. The summed E-state index contributed by atoms with van der Waals surface area (Å²) in [6.45, 7) is 9.24. The number of rotatable bonds is 7. The molecule has 0 spiro atoms. The summed E-state index contributed by atoms with van der Waals surface area (Å²) in [6, 6.07) is 20.5. The molecule has 1 aliphatic carbocycles. The van der Waals surface area contributed by atoms with Crippen LogP contribution in [0.25, 0.3) is 20.5 Å². The quantitative estimate of drug-likeness (QED) is 0.210. The Balaban J connectivity index is 1.79. The predicted molar refractivity (Wildman–Crippen MR) is 135 cm³/mol. The van der Waals surface area contributed by atoms with Crippen LogP contribution < -0.4 is 9.92 Å². The normalized spacial score (nSPS) is 13.4. The van der Waals surface area contributed by atoms with Gasteiger partial charge in [-0.25, -0.2) is 0 Å². The summed E-state index contributed by atoms with van der Waals surface area (Å²) in [5.41, 5.74) is 3.61. The van der Waals surface area contributed by atoms with E-state index in [1.165, 1.54) is 37.8 Å². The topological polar surface area (TPSA) is 9.23 Å². The van der Waals surface area contributed by atoms with Gasteiger partial charge in [0.1, 0.15) is 20.4 Å². The van der Waals surface area contributed by atoms with Crippen LogP contribution in [0.5, 0.6) is 5.75 Å². The second-order valence-electron chi connectivity index (χ2n) is 7.97. The maximum absolute atomic E-state index is 6.43. The fourth-order valence-electron chi connectivity index (χ4n) is 5.35. The molecule has 0 saturated carbocycles. The van der Waals surface area contributed by atoms with Crippen molar-refractivity contribution in [1.29, 1.82) is 0 Å². The average molecular weight is 447 g/mol. The third kappa shape index (κ3) is 2.78. The number of benzene rings is 2. The van der Waals surface area contributed by atoms with Gasteiger partial charge in [-0.2, -0.15) is 0 Å². The van der Waals surface area contributed by atoms with Crippen molar-refractivity contribution in [3.63, 3.8) is 0 Å². The Kier molecular flexibility index (Phi) is 5.17. The minimum Gasteiger partial charge on any atom is -0.489 e. The summed E-state index contributed by atoms with van der Waals surface area (Å²) in [5.74, 6) is 1.09. The molecule has 2 heterocycles. The van der Waals surface area contributed by atoms with E-state index in [0.29, 0.717) is 12.1 Å². The molecule has 1 aliphatic rings. The first-order valence-electron chi connectivity index (χ1n) is 10.7. The van der Waals surface area contributed by atoms with Gasteiger partial charge in [0.15, 0.2) is 0 Å². The van der Waals surface area contributed by atoms with Crippen LogP contribution in [0.1, 0.15) is 30.5 Å². The Bertz CT molecular complexity index is 1170. The Labute approximate surface area is 187 Å². The van der Waals surface area contributed by atoms with E-state index in [-0.39, 0.29) is 0 Å². The molecule has 4 aromatic rings. The van der Waals surface area contributed by atoms with Crippen molar-refractivity contribution >= 4 is 46.7 Å². The summed E-state index contributed by atoms with van der Waals surface area (Å²) < 4.78 is 6.43. The number of hydrogen-bond donors (Lipinski definition) is 0. The Hall–Kier alpha value is -2.14. The molecule has 0 aliphatic heterocycles. The van der Waals surface area contributed by atoms with Gasteiger partial charge in [-0.05, 0) is 44.6 Å². The van der Waals surface area contributed by atoms with Crippen LogP contribution in [0.15, 0.2) is 71.9 Å². The van der Waals surface area contributed by atoms with Crippen LogP contribution in [0.3, 0.4) is 0 Å². The number of thiophene rings is 2. The SMILES string of the molecule is C=CCOc1c([Si](CC)(CC)C2c3ccsc3-c3sccc32)ccc2ccccc12. The van der Waals surface area contributed by atoms with Crippen molar-refractivity contribution in [3.05, 3.63) is 83.1 Å². The molecule has 0 N–H and O–H groups in total. The van der Waals surface area contributed by atoms with Gasteiger partial charge in [0.2, 0.25) is 0 Å². The van der Waals surface area contributed by atoms with Gasteiger partial charge in [-0.1, -0.05) is 75.0 Å². The lowest BCUT2D eigenvalue weighted by atomic mass is 10.1. The first-order chi connectivity index (χ1) is 14.7. The largest absolute Gasteiger partial charge is 0.489 e. The zero-order valence-corrected chi connectivity index (χ0v) is 20.1. The summed E-state index contributed by atoms with van der Waals surface area (Å²) in [4.78, 5) is 3.00. The molecule has 0 fully saturated rings. The molecule has 0 saturated heterocycles. The van der Waals surface area contributed by atoms with Crippen LogP contribution in [0, 0.1) is 0 Å². The van der Waals surface area contributed by atoms with Crippen LogP contribution >= 0.6 is 22.7 Å². The minimum absolute atomic E-state index is 0.502. The second-order valence-corrected chi connectivity index (χ2v) is 14.6. The molecular weight excluding hydrogens is 421 g/mol. The molecule has 2 aromatic heterocycles. The molecule has 1 nitrogen and oxygen atoms in total. The van der Waals surface area contributed by atoms with Gasteiger partial charge in [-0.15, -0.1) is 22.7 Å². The maximum atomic E-state index is 6.43. The Morgan fingerprint density at radius 2 is 1.60 bits per heavy atom. The summed E-state index contributed by atoms with van der Waals surface area (Å²) in [7, 11) is -1.97. The first-order valence-corrected chi connectivity index (χ1v) is 14.9. The highest BCUT2D eigenvalue weighted by molar-refractivity contribution is 7.21. The highest BCUT2D eigenvalue weighted by Gasteiger charge is 2.48. The molecule has 0 bridgehead atoms. The van der Waals surface area contributed by atoms with Crippen LogP contribution in [-0.4, -0.2) is 14.7 Å². The summed E-state index contributed by atoms with van der Waals surface area (Å²) >= 11 is 3.81. The van der Waals surface area contributed by atoms with Crippen LogP contribution in [0.4, 0.5) is 0 Å². The number of ether oxygens (including phenoxy) is 1. The lowest BCUT2D eigenvalue weighted by molar-refractivity contribution is 0.370. The molecule has 152 valence electrons. The fraction of sp³-hybridized carbons (Fsp3) is 0.231. The zero-order valence-electron chi connectivity index (χ0n) is 17.5. The number of fused-ring (bicyclic) bond motifs is 4. The van der Waals surface area contributed by atoms with Gasteiger partial charge >= 0.3 is 0 Å². The van der Waals surface area contributed by atoms with E-state index in [1.807, 2.05) is 28.7 Å². The van der Waals surface area contributed by atoms with Crippen molar-refractivity contribution in [2.24, 2.45) is 0 Å². The molecule has 30 heavy (non-hydrogen) atoms. The summed E-state index contributed by atoms with van der Waals surface area (Å²) in [5, 5.41) is 8.49. The Morgan fingerprint density at radius 1 is 0.933 bits per heavy atom. The van der Waals surface area contributed by atoms with Crippen molar-refractivity contribution in [3.8, 4) is 15.5 Å². The lowest BCUT2D eigenvalue weighted by Gasteiger charge is -2.38. The molecule has 4 heteroatoms. The summed E-state index contributed by atoms with van der Waals surface area (Å²) in [6.07, 6.45) is 1.86. The first kappa shape index (κ1) is 19.8. The maximum Gasteiger partial charge on any atom is 0.126 e. The average Bonchev–Trinajstić information content (AvgIpc) is 3.49. The standard InChI is InChI=1S/C26H26OS2Si/c1-4-15-27-23-19-10-8-7-9-18(19)11-12-22(23)30(5-2,6-3)26-20-13-16-28-24(20)25-21(26)14-17-29-25/h4,7-14,16-17,26H,1,5-6,15H2,2-3H3. The van der Waals surface area contributed by atoms with E-state index < -0.39 is 8.07 Å². The molecule has 2 aromatic carbocycles. The molecule has 0 radical (unpaired) electrons. The molecular formula is C26H26OS2Si. The van der Waals surface area contributed by atoms with Gasteiger partial charge in [0.05, 0.1) is 0 Å². The zero-order chi connectivity index (χ0) is 20.7. The molecule has 5 rings (SSSR count). The van der Waals surface area contributed by atoms with E-state index in [0.717, 1.165) is 5.75 Å². The van der Waals surface area contributed by atoms with E-state index in [1.54, 1.807) is 11.1 Å². The van der Waals surface area contributed by atoms with Crippen LogP contribution in [-0.2, 0) is 0 Å². The number of hydrogen-bond acceptors (Lipinski definition) is 3. The third-order valence-corrected chi connectivity index (χ3v) is 14.5. The monoisotopic (exact) mass is 446 g/mol. The Morgan fingerprint density at radius 3 is 2.23 bits per heavy atom. The highest BCUT2D eigenvalue weighted by atomic mass is 32.1. The molecule has 0 amide bonds.